The third-order valence-electron chi connectivity index (χ3n) is 3.14. The van der Waals surface area contributed by atoms with Crippen LogP contribution < -0.4 is 10.0 Å². The van der Waals surface area contributed by atoms with Gasteiger partial charge in [-0.3, -0.25) is 4.72 Å². The summed E-state index contributed by atoms with van der Waals surface area (Å²) in [6.07, 6.45) is 3.18. The van der Waals surface area contributed by atoms with Gasteiger partial charge < -0.3 is 5.32 Å². The smallest absolute Gasteiger partial charge is 0.301 e. The molecule has 112 valence electrons. The molecule has 0 unspecified atom stereocenters. The third-order valence-corrected chi connectivity index (χ3v) is 4.64. The average Bonchev–Trinajstić information content (AvgIpc) is 3.17. The van der Waals surface area contributed by atoms with Crippen molar-refractivity contribution in [2.24, 2.45) is 0 Å². The first kappa shape index (κ1) is 15.2. The van der Waals surface area contributed by atoms with Gasteiger partial charge in [0, 0.05) is 19.6 Å². The molecular weight excluding hydrogens is 281 g/mol. The van der Waals surface area contributed by atoms with Crippen molar-refractivity contribution in [3.8, 4) is 0 Å². The van der Waals surface area contributed by atoms with Gasteiger partial charge in [0.2, 0.25) is 0 Å². The molecule has 1 aromatic rings. The number of rotatable bonds is 8. The number of nitrogens with one attached hydrogen (secondary N) is 2. The minimum atomic E-state index is -3.63. The van der Waals surface area contributed by atoms with E-state index in [2.05, 4.69) is 10.0 Å². The second-order valence-corrected chi connectivity index (χ2v) is 6.80. The van der Waals surface area contributed by atoms with Crippen LogP contribution in [0.5, 0.6) is 0 Å². The zero-order valence-corrected chi connectivity index (χ0v) is 12.3. The van der Waals surface area contributed by atoms with E-state index in [4.69, 9.17) is 0 Å². The molecule has 1 aliphatic rings. The second-order valence-electron chi connectivity index (χ2n) is 5.02. The zero-order chi connectivity index (χ0) is 14.6. The first-order valence-corrected chi connectivity index (χ1v) is 8.14. The van der Waals surface area contributed by atoms with Crippen molar-refractivity contribution in [3.63, 3.8) is 0 Å². The molecule has 0 spiro atoms. The van der Waals surface area contributed by atoms with E-state index >= 15 is 0 Å². The van der Waals surface area contributed by atoms with Crippen molar-refractivity contribution < 1.29 is 12.8 Å². The van der Waals surface area contributed by atoms with E-state index in [9.17, 15) is 12.8 Å². The predicted octanol–water partition coefficient (Wildman–Crippen LogP) is 1.56. The number of nitrogens with zero attached hydrogens (tertiary/aromatic N) is 1. The number of anilines is 1. The Balaban J connectivity index is 1.81. The predicted molar refractivity (Wildman–Crippen MR) is 77.2 cm³/mol. The van der Waals surface area contributed by atoms with Gasteiger partial charge in [0.25, 0.3) is 0 Å². The summed E-state index contributed by atoms with van der Waals surface area (Å²) in [6.45, 7) is 1.23. The van der Waals surface area contributed by atoms with Crippen LogP contribution in [0.1, 0.15) is 19.3 Å². The highest BCUT2D eigenvalue weighted by Crippen LogP contribution is 2.18. The molecule has 0 saturated heterocycles. The summed E-state index contributed by atoms with van der Waals surface area (Å²) < 4.78 is 40.7. The molecule has 0 aromatic heterocycles. The highest BCUT2D eigenvalue weighted by atomic mass is 32.2. The Bertz CT molecular complexity index is 546. The minimum absolute atomic E-state index is 0.230. The van der Waals surface area contributed by atoms with Crippen LogP contribution in [-0.4, -0.2) is 38.9 Å². The summed E-state index contributed by atoms with van der Waals surface area (Å²) in [5, 5.41) is 3.33. The van der Waals surface area contributed by atoms with Crippen LogP contribution in [0.4, 0.5) is 10.1 Å². The summed E-state index contributed by atoms with van der Waals surface area (Å²) in [6, 6.07) is 6.03. The lowest BCUT2D eigenvalue weighted by Crippen LogP contribution is -2.34. The van der Waals surface area contributed by atoms with Crippen LogP contribution in [-0.2, 0) is 10.2 Å². The molecule has 2 rings (SSSR count). The topological polar surface area (TPSA) is 61.4 Å². The normalized spacial score (nSPS) is 15.6. The fourth-order valence-electron chi connectivity index (χ4n) is 1.79. The van der Waals surface area contributed by atoms with E-state index in [1.807, 2.05) is 0 Å². The quantitative estimate of drug-likeness (QED) is 0.716. The lowest BCUT2D eigenvalue weighted by Gasteiger charge is -2.18. The standard InChI is InChI=1S/C13H20FN3O2S/c1-17(9-3-8-15-12-6-7-12)20(18,19)16-13-5-2-4-11(14)10-13/h2,4-5,10,12,15-16H,3,6-9H2,1H3. The van der Waals surface area contributed by atoms with Crippen molar-refractivity contribution in [3.05, 3.63) is 30.1 Å². The fraction of sp³-hybridized carbons (Fsp3) is 0.538. The molecular formula is C13H20FN3O2S. The molecule has 1 aliphatic carbocycles. The van der Waals surface area contributed by atoms with Crippen LogP contribution in [0, 0.1) is 5.82 Å². The molecule has 1 saturated carbocycles. The molecule has 0 radical (unpaired) electrons. The maximum atomic E-state index is 13.0. The van der Waals surface area contributed by atoms with Crippen LogP contribution in [0.15, 0.2) is 24.3 Å². The Hall–Kier alpha value is -1.18. The van der Waals surface area contributed by atoms with Gasteiger partial charge in [0.1, 0.15) is 5.82 Å². The maximum Gasteiger partial charge on any atom is 0.301 e. The summed E-state index contributed by atoms with van der Waals surface area (Å²) in [4.78, 5) is 0. The van der Waals surface area contributed by atoms with Crippen molar-refractivity contribution in [1.82, 2.24) is 9.62 Å². The van der Waals surface area contributed by atoms with Crippen LogP contribution in [0.25, 0.3) is 0 Å². The molecule has 0 atom stereocenters. The fourth-order valence-corrected chi connectivity index (χ4v) is 2.74. The maximum absolute atomic E-state index is 13.0. The van der Waals surface area contributed by atoms with Crippen molar-refractivity contribution in [2.75, 3.05) is 24.9 Å². The Morgan fingerprint density at radius 3 is 2.80 bits per heavy atom. The van der Waals surface area contributed by atoms with Gasteiger partial charge in [-0.25, -0.2) is 4.39 Å². The molecule has 1 fully saturated rings. The lowest BCUT2D eigenvalue weighted by molar-refractivity contribution is 0.458. The molecule has 0 amide bonds. The van der Waals surface area contributed by atoms with Gasteiger partial charge in [-0.1, -0.05) is 6.07 Å². The monoisotopic (exact) mass is 301 g/mol. The van der Waals surface area contributed by atoms with Crippen molar-refractivity contribution >= 4 is 15.9 Å². The molecule has 20 heavy (non-hydrogen) atoms. The number of hydrogen-bond donors (Lipinski definition) is 2. The molecule has 0 aliphatic heterocycles. The van der Waals surface area contributed by atoms with Gasteiger partial charge in [-0.15, -0.1) is 0 Å². The third kappa shape index (κ3) is 4.73. The van der Waals surface area contributed by atoms with Crippen LogP contribution in [0.2, 0.25) is 0 Å². The van der Waals surface area contributed by atoms with E-state index in [-0.39, 0.29) is 5.69 Å². The van der Waals surface area contributed by atoms with Crippen molar-refractivity contribution in [1.29, 1.82) is 0 Å². The molecule has 2 N–H and O–H groups in total. The van der Waals surface area contributed by atoms with E-state index < -0.39 is 16.0 Å². The summed E-state index contributed by atoms with van der Waals surface area (Å²) in [5.74, 6) is -0.471. The average molecular weight is 301 g/mol. The number of benzene rings is 1. The summed E-state index contributed by atoms with van der Waals surface area (Å²) >= 11 is 0. The van der Waals surface area contributed by atoms with Gasteiger partial charge >= 0.3 is 10.2 Å². The Labute approximate surface area is 119 Å². The first-order chi connectivity index (χ1) is 9.47. The molecule has 7 heteroatoms. The van der Waals surface area contributed by atoms with E-state index in [0.29, 0.717) is 12.6 Å². The minimum Gasteiger partial charge on any atom is -0.314 e. The zero-order valence-electron chi connectivity index (χ0n) is 11.5. The van der Waals surface area contributed by atoms with Gasteiger partial charge in [0.05, 0.1) is 5.69 Å². The first-order valence-electron chi connectivity index (χ1n) is 6.70. The molecule has 0 heterocycles. The molecule has 0 bridgehead atoms. The Morgan fingerprint density at radius 1 is 1.40 bits per heavy atom. The van der Waals surface area contributed by atoms with Gasteiger partial charge in [0.15, 0.2) is 0 Å². The number of halogens is 1. The number of hydrogen-bond acceptors (Lipinski definition) is 3. The van der Waals surface area contributed by atoms with E-state index in [0.717, 1.165) is 19.0 Å². The van der Waals surface area contributed by atoms with E-state index in [1.54, 1.807) is 0 Å². The highest BCUT2D eigenvalue weighted by Gasteiger charge is 2.21. The Morgan fingerprint density at radius 2 is 2.15 bits per heavy atom. The van der Waals surface area contributed by atoms with Crippen LogP contribution in [0.3, 0.4) is 0 Å². The second kappa shape index (κ2) is 6.51. The van der Waals surface area contributed by atoms with Crippen LogP contribution >= 0.6 is 0 Å². The van der Waals surface area contributed by atoms with Gasteiger partial charge in [-0.05, 0) is 44.0 Å². The van der Waals surface area contributed by atoms with Crippen molar-refractivity contribution in [2.45, 2.75) is 25.3 Å². The molecule has 5 nitrogen and oxygen atoms in total. The largest absolute Gasteiger partial charge is 0.314 e. The Kier molecular flexibility index (Phi) is 4.95. The SMILES string of the molecule is CN(CCCNC1CC1)S(=O)(=O)Nc1cccc(F)c1. The molecule has 1 aromatic carbocycles. The van der Waals surface area contributed by atoms with E-state index in [1.165, 1.54) is 42.4 Å². The summed E-state index contributed by atoms with van der Waals surface area (Å²) in [5.41, 5.74) is 0.230. The van der Waals surface area contributed by atoms with Gasteiger partial charge in [-0.2, -0.15) is 12.7 Å². The highest BCUT2D eigenvalue weighted by molar-refractivity contribution is 7.90. The summed E-state index contributed by atoms with van der Waals surface area (Å²) in [7, 11) is -2.11. The lowest BCUT2D eigenvalue weighted by atomic mass is 10.3.